The zero-order valence-electron chi connectivity index (χ0n) is 10.9. The van der Waals surface area contributed by atoms with Crippen molar-refractivity contribution in [2.75, 3.05) is 5.32 Å². The summed E-state index contributed by atoms with van der Waals surface area (Å²) in [5.74, 6) is -2.02. The summed E-state index contributed by atoms with van der Waals surface area (Å²) in [5.41, 5.74) is 1.35. The minimum Gasteiger partial charge on any atom is -0.478 e. The number of hydrogen-bond donors (Lipinski definition) is 2. The van der Waals surface area contributed by atoms with Gasteiger partial charge < -0.3 is 10.4 Å². The summed E-state index contributed by atoms with van der Waals surface area (Å²) in [5, 5.41) is 14.7. The van der Waals surface area contributed by atoms with Gasteiger partial charge in [-0.15, -0.1) is 0 Å². The number of thiophene rings is 1. The van der Waals surface area contributed by atoms with Crippen molar-refractivity contribution in [3.63, 3.8) is 0 Å². The Bertz CT molecular complexity index is 680. The van der Waals surface area contributed by atoms with Gasteiger partial charge in [-0.3, -0.25) is 4.79 Å². The van der Waals surface area contributed by atoms with Crippen LogP contribution in [0.25, 0.3) is 6.08 Å². The van der Waals surface area contributed by atoms with Gasteiger partial charge in [0, 0.05) is 6.08 Å². The van der Waals surface area contributed by atoms with E-state index in [9.17, 15) is 14.0 Å². The van der Waals surface area contributed by atoms with Crippen LogP contribution >= 0.6 is 11.3 Å². The molecule has 0 fully saturated rings. The molecule has 108 valence electrons. The van der Waals surface area contributed by atoms with E-state index >= 15 is 0 Å². The SMILES string of the molecule is O=C(O)C=Cc1ccc(NC(=O)Cc2ccsc2)c(F)c1. The topological polar surface area (TPSA) is 66.4 Å². The predicted octanol–water partition coefficient (Wildman–Crippen LogP) is 3.17. The van der Waals surface area contributed by atoms with Gasteiger partial charge in [-0.2, -0.15) is 11.3 Å². The zero-order valence-corrected chi connectivity index (χ0v) is 11.7. The van der Waals surface area contributed by atoms with Crippen molar-refractivity contribution in [3.05, 3.63) is 58.0 Å². The number of aliphatic carboxylic acids is 1. The lowest BCUT2D eigenvalue weighted by molar-refractivity contribution is -0.131. The smallest absolute Gasteiger partial charge is 0.328 e. The number of nitrogens with one attached hydrogen (secondary N) is 1. The van der Waals surface area contributed by atoms with Crippen molar-refractivity contribution in [1.29, 1.82) is 0 Å². The van der Waals surface area contributed by atoms with Crippen molar-refractivity contribution < 1.29 is 19.1 Å². The van der Waals surface area contributed by atoms with Crippen molar-refractivity contribution >= 4 is 35.0 Å². The maximum atomic E-state index is 13.8. The second-order valence-electron chi connectivity index (χ2n) is 4.27. The largest absolute Gasteiger partial charge is 0.478 e. The van der Waals surface area contributed by atoms with Gasteiger partial charge in [0.25, 0.3) is 0 Å². The van der Waals surface area contributed by atoms with Crippen molar-refractivity contribution in [3.8, 4) is 0 Å². The molecule has 0 saturated carbocycles. The Kier molecular flexibility index (Phi) is 4.84. The van der Waals surface area contributed by atoms with E-state index in [1.807, 2.05) is 16.8 Å². The first-order valence-electron chi connectivity index (χ1n) is 6.06. The van der Waals surface area contributed by atoms with E-state index in [4.69, 9.17) is 5.11 Å². The number of carboxylic acid groups (broad SMARTS) is 1. The molecule has 21 heavy (non-hydrogen) atoms. The number of halogens is 1. The summed E-state index contributed by atoms with van der Waals surface area (Å²) >= 11 is 1.49. The fourth-order valence-electron chi connectivity index (χ4n) is 1.68. The molecule has 1 aromatic carbocycles. The van der Waals surface area contributed by atoms with Gasteiger partial charge >= 0.3 is 5.97 Å². The van der Waals surface area contributed by atoms with E-state index in [1.165, 1.54) is 35.6 Å². The van der Waals surface area contributed by atoms with Crippen LogP contribution in [0.15, 0.2) is 41.1 Å². The van der Waals surface area contributed by atoms with Crippen LogP contribution in [0.5, 0.6) is 0 Å². The summed E-state index contributed by atoms with van der Waals surface area (Å²) < 4.78 is 13.8. The molecular weight excluding hydrogens is 293 g/mol. The summed E-state index contributed by atoms with van der Waals surface area (Å²) in [4.78, 5) is 22.2. The van der Waals surface area contributed by atoms with Gasteiger partial charge in [-0.25, -0.2) is 9.18 Å². The Morgan fingerprint density at radius 3 is 2.76 bits per heavy atom. The number of carbonyl (C=O) groups is 2. The highest BCUT2D eigenvalue weighted by atomic mass is 32.1. The van der Waals surface area contributed by atoms with Crippen LogP contribution in [0.3, 0.4) is 0 Å². The molecule has 0 aliphatic heterocycles. The number of carboxylic acids is 1. The summed E-state index contributed by atoms with van der Waals surface area (Å²) in [6.07, 6.45) is 2.38. The molecule has 1 heterocycles. The third-order valence-electron chi connectivity index (χ3n) is 2.63. The van der Waals surface area contributed by atoms with Crippen LogP contribution in [0.1, 0.15) is 11.1 Å². The Hall–Kier alpha value is -2.47. The molecule has 0 spiro atoms. The van der Waals surface area contributed by atoms with E-state index < -0.39 is 11.8 Å². The molecule has 0 aliphatic carbocycles. The van der Waals surface area contributed by atoms with Crippen LogP contribution in [0, 0.1) is 5.82 Å². The molecule has 2 aromatic rings. The Morgan fingerprint density at radius 1 is 1.33 bits per heavy atom. The first kappa shape index (κ1) is 14.9. The molecule has 0 saturated heterocycles. The number of rotatable bonds is 5. The van der Waals surface area contributed by atoms with Crippen LogP contribution in [0.2, 0.25) is 0 Å². The van der Waals surface area contributed by atoms with Gasteiger partial charge in [-0.05, 0) is 46.2 Å². The van der Waals surface area contributed by atoms with Gasteiger partial charge in [0.15, 0.2) is 0 Å². The van der Waals surface area contributed by atoms with Crippen LogP contribution in [-0.2, 0) is 16.0 Å². The maximum Gasteiger partial charge on any atom is 0.328 e. The molecule has 0 bridgehead atoms. The van der Waals surface area contributed by atoms with Gasteiger partial charge in [0.1, 0.15) is 5.82 Å². The average Bonchev–Trinajstić information content (AvgIpc) is 2.92. The normalized spacial score (nSPS) is 10.7. The lowest BCUT2D eigenvalue weighted by Crippen LogP contribution is -2.15. The lowest BCUT2D eigenvalue weighted by Gasteiger charge is -2.06. The zero-order chi connectivity index (χ0) is 15.2. The molecule has 1 amide bonds. The van der Waals surface area contributed by atoms with Crippen LogP contribution in [0.4, 0.5) is 10.1 Å². The molecule has 0 atom stereocenters. The van der Waals surface area contributed by atoms with Crippen molar-refractivity contribution in [2.45, 2.75) is 6.42 Å². The standard InChI is InChI=1S/C15H12FNO3S/c16-12-7-10(2-4-15(19)20)1-3-13(12)17-14(18)8-11-5-6-21-9-11/h1-7,9H,8H2,(H,17,18)(H,19,20). The lowest BCUT2D eigenvalue weighted by atomic mass is 10.1. The molecule has 0 aliphatic rings. The molecule has 1 aromatic heterocycles. The molecule has 0 radical (unpaired) electrons. The van der Waals surface area contributed by atoms with E-state index in [2.05, 4.69) is 5.32 Å². The van der Waals surface area contributed by atoms with E-state index in [1.54, 1.807) is 0 Å². The minimum absolute atomic E-state index is 0.0719. The molecule has 0 unspecified atom stereocenters. The summed E-state index contributed by atoms with van der Waals surface area (Å²) in [6, 6.07) is 5.94. The third kappa shape index (κ3) is 4.54. The molecule has 6 heteroatoms. The maximum absolute atomic E-state index is 13.8. The number of carbonyl (C=O) groups excluding carboxylic acids is 1. The molecule has 4 nitrogen and oxygen atoms in total. The number of anilines is 1. The average molecular weight is 305 g/mol. The second kappa shape index (κ2) is 6.81. The highest BCUT2D eigenvalue weighted by Gasteiger charge is 2.08. The van der Waals surface area contributed by atoms with E-state index in [0.717, 1.165) is 11.6 Å². The third-order valence-corrected chi connectivity index (χ3v) is 3.36. The first-order valence-corrected chi connectivity index (χ1v) is 7.00. The quantitative estimate of drug-likeness (QED) is 0.834. The fourth-order valence-corrected chi connectivity index (χ4v) is 2.35. The summed E-state index contributed by atoms with van der Waals surface area (Å²) in [6.45, 7) is 0. The number of hydrogen-bond acceptors (Lipinski definition) is 3. The van der Waals surface area contributed by atoms with Crippen molar-refractivity contribution in [2.24, 2.45) is 0 Å². The minimum atomic E-state index is -1.11. The van der Waals surface area contributed by atoms with Gasteiger partial charge in [-0.1, -0.05) is 6.07 Å². The van der Waals surface area contributed by atoms with Crippen LogP contribution in [-0.4, -0.2) is 17.0 Å². The molecule has 2 N–H and O–H groups in total. The van der Waals surface area contributed by atoms with Crippen LogP contribution < -0.4 is 5.32 Å². The van der Waals surface area contributed by atoms with Gasteiger partial charge in [0.05, 0.1) is 12.1 Å². The Labute approximate surface area is 124 Å². The molecule has 2 rings (SSSR count). The van der Waals surface area contributed by atoms with Gasteiger partial charge in [0.2, 0.25) is 5.91 Å². The second-order valence-corrected chi connectivity index (χ2v) is 5.05. The fraction of sp³-hybridized carbons (Fsp3) is 0.0667. The van der Waals surface area contributed by atoms with E-state index in [-0.39, 0.29) is 18.0 Å². The predicted molar refractivity (Wildman–Crippen MR) is 79.7 cm³/mol. The Balaban J connectivity index is 2.03. The summed E-state index contributed by atoms with van der Waals surface area (Å²) in [7, 11) is 0. The van der Waals surface area contributed by atoms with Crippen molar-refractivity contribution in [1.82, 2.24) is 0 Å². The number of amides is 1. The highest BCUT2D eigenvalue weighted by Crippen LogP contribution is 2.17. The van der Waals surface area contributed by atoms with E-state index in [0.29, 0.717) is 5.56 Å². The highest BCUT2D eigenvalue weighted by molar-refractivity contribution is 7.08. The Morgan fingerprint density at radius 2 is 2.14 bits per heavy atom. The number of benzene rings is 1. The first-order chi connectivity index (χ1) is 10.0. The molecular formula is C15H12FNO3S. The monoisotopic (exact) mass is 305 g/mol.